The van der Waals surface area contributed by atoms with Crippen molar-refractivity contribution >= 4 is 38.6 Å². The van der Waals surface area contributed by atoms with Crippen LogP contribution in [0.4, 0.5) is 10.5 Å². The summed E-state index contributed by atoms with van der Waals surface area (Å²) >= 11 is 0. The molecule has 0 radical (unpaired) electrons. The average molecular weight is 590 g/mol. The Balaban J connectivity index is 1.38. The van der Waals surface area contributed by atoms with Crippen LogP contribution < -0.4 is 14.8 Å². The van der Waals surface area contributed by atoms with Gasteiger partial charge in [-0.3, -0.25) is 10.1 Å². The Hall–Kier alpha value is -4.31. The van der Waals surface area contributed by atoms with Crippen molar-refractivity contribution < 1.29 is 27.5 Å². The molecule has 1 heterocycles. The van der Waals surface area contributed by atoms with E-state index in [0.29, 0.717) is 17.9 Å². The Kier molecular flexibility index (Phi) is 8.82. The van der Waals surface area contributed by atoms with Crippen LogP contribution in [-0.2, 0) is 27.7 Å². The average Bonchev–Trinajstić information content (AvgIpc) is 3.61. The number of aryl methyl sites for hydroxylation is 1. The number of sulfonamides is 1. The lowest BCUT2D eigenvalue weighted by atomic mass is 10.0. The number of amides is 2. The highest BCUT2D eigenvalue weighted by molar-refractivity contribution is 7.90. The molecule has 1 aliphatic carbocycles. The lowest BCUT2D eigenvalue weighted by Crippen LogP contribution is -2.30. The van der Waals surface area contributed by atoms with Crippen LogP contribution in [0.5, 0.6) is 5.75 Å². The second-order valence-electron chi connectivity index (χ2n) is 10.5. The molecule has 2 N–H and O–H groups in total. The largest absolute Gasteiger partial charge is 0.496 e. The molecule has 1 aromatic heterocycles. The van der Waals surface area contributed by atoms with E-state index < -0.39 is 22.0 Å². The van der Waals surface area contributed by atoms with Gasteiger partial charge in [0, 0.05) is 41.3 Å². The Bertz CT molecular complexity index is 1690. The van der Waals surface area contributed by atoms with Crippen LogP contribution in [0.15, 0.2) is 77.8 Å². The summed E-state index contributed by atoms with van der Waals surface area (Å²) < 4.78 is 40.8. The highest BCUT2D eigenvalue weighted by Crippen LogP contribution is 2.31. The minimum atomic E-state index is -4.01. The fourth-order valence-electron chi connectivity index (χ4n) is 5.40. The van der Waals surface area contributed by atoms with Gasteiger partial charge in [-0.05, 0) is 85.7 Å². The molecule has 0 atom stereocenters. The molecule has 2 amide bonds. The molecule has 0 saturated heterocycles. The summed E-state index contributed by atoms with van der Waals surface area (Å²) in [6.45, 7) is 2.95. The predicted molar refractivity (Wildman–Crippen MR) is 161 cm³/mol. The quantitative estimate of drug-likeness (QED) is 0.226. The van der Waals surface area contributed by atoms with E-state index >= 15 is 0 Å². The predicted octanol–water partition coefficient (Wildman–Crippen LogP) is 6.26. The Morgan fingerprint density at radius 3 is 2.45 bits per heavy atom. The van der Waals surface area contributed by atoms with Crippen molar-refractivity contribution in [1.29, 1.82) is 0 Å². The van der Waals surface area contributed by atoms with E-state index in [4.69, 9.17) is 9.47 Å². The van der Waals surface area contributed by atoms with Gasteiger partial charge >= 0.3 is 6.09 Å². The van der Waals surface area contributed by atoms with E-state index in [1.54, 1.807) is 36.4 Å². The Labute approximate surface area is 245 Å². The number of anilines is 1. The third-order valence-corrected chi connectivity index (χ3v) is 8.81. The number of benzene rings is 3. The number of ether oxygens (including phenoxy) is 2. The van der Waals surface area contributed by atoms with Crippen LogP contribution in [0.2, 0.25) is 0 Å². The molecule has 220 valence electrons. The van der Waals surface area contributed by atoms with Crippen LogP contribution in [-0.4, -0.2) is 38.2 Å². The fourth-order valence-corrected chi connectivity index (χ4v) is 6.39. The molecule has 0 aliphatic heterocycles. The van der Waals surface area contributed by atoms with Gasteiger partial charge in [-0.2, -0.15) is 0 Å². The maximum absolute atomic E-state index is 12.9. The lowest BCUT2D eigenvalue weighted by molar-refractivity contribution is 0.0980. The summed E-state index contributed by atoms with van der Waals surface area (Å²) in [6, 6.07) is 18.5. The fraction of sp³-hybridized carbons (Fsp3) is 0.312. The minimum absolute atomic E-state index is 0.00561. The summed E-state index contributed by atoms with van der Waals surface area (Å²) in [5.41, 5.74) is 3.71. The van der Waals surface area contributed by atoms with Crippen LogP contribution >= 0.6 is 0 Å². The first-order chi connectivity index (χ1) is 20.3. The summed E-state index contributed by atoms with van der Waals surface area (Å²) in [5.74, 6) is -0.283. The zero-order chi connectivity index (χ0) is 29.7. The van der Waals surface area contributed by atoms with Crippen molar-refractivity contribution in [3.63, 3.8) is 0 Å². The van der Waals surface area contributed by atoms with Crippen molar-refractivity contribution in [1.82, 2.24) is 9.29 Å². The SMILES string of the molecule is CCCn1cc(Cc2ccc(C(=O)NS(=O)(=O)c3ccccc3)cc2OC)c2cc(NC(=O)OC3CCCC3)ccc21. The Morgan fingerprint density at radius 1 is 0.976 bits per heavy atom. The number of methoxy groups -OCH3 is 1. The zero-order valence-corrected chi connectivity index (χ0v) is 24.6. The van der Waals surface area contributed by atoms with E-state index in [-0.39, 0.29) is 16.6 Å². The zero-order valence-electron chi connectivity index (χ0n) is 23.8. The highest BCUT2D eigenvalue weighted by Gasteiger charge is 2.21. The van der Waals surface area contributed by atoms with E-state index in [9.17, 15) is 18.0 Å². The minimum Gasteiger partial charge on any atom is -0.496 e. The third-order valence-electron chi connectivity index (χ3n) is 7.46. The number of nitrogens with one attached hydrogen (secondary N) is 2. The molecule has 42 heavy (non-hydrogen) atoms. The van der Waals surface area contributed by atoms with E-state index in [1.165, 1.54) is 19.2 Å². The molecule has 5 rings (SSSR count). The van der Waals surface area contributed by atoms with Gasteiger partial charge in [0.25, 0.3) is 15.9 Å². The van der Waals surface area contributed by atoms with E-state index in [0.717, 1.165) is 60.7 Å². The van der Waals surface area contributed by atoms with Crippen LogP contribution in [0.25, 0.3) is 10.9 Å². The molecule has 1 saturated carbocycles. The summed E-state index contributed by atoms with van der Waals surface area (Å²) in [5, 5.41) is 3.86. The van der Waals surface area contributed by atoms with Gasteiger partial charge in [0.1, 0.15) is 11.9 Å². The molecular weight excluding hydrogens is 554 g/mol. The van der Waals surface area contributed by atoms with Gasteiger partial charge in [-0.1, -0.05) is 31.2 Å². The molecule has 0 bridgehead atoms. The first kappa shape index (κ1) is 29.2. The van der Waals surface area contributed by atoms with E-state index in [2.05, 4.69) is 27.7 Å². The van der Waals surface area contributed by atoms with Gasteiger partial charge in [0.05, 0.1) is 12.0 Å². The normalized spacial score (nSPS) is 13.7. The number of carbonyl (C=O) groups excluding carboxylic acids is 2. The molecule has 1 fully saturated rings. The Morgan fingerprint density at radius 2 is 1.74 bits per heavy atom. The topological polar surface area (TPSA) is 116 Å². The van der Waals surface area contributed by atoms with Crippen molar-refractivity contribution in [2.24, 2.45) is 0 Å². The van der Waals surface area contributed by atoms with Crippen LogP contribution in [0.3, 0.4) is 0 Å². The smallest absolute Gasteiger partial charge is 0.411 e. The van der Waals surface area contributed by atoms with Gasteiger partial charge in [-0.15, -0.1) is 0 Å². The standard InChI is InChI=1S/C32H35N3O6S/c1-3-17-35-21-24(28-20-25(15-16-29(28)35)33-32(37)41-26-9-7-8-10-26)18-22-13-14-23(19-30(22)40-2)31(36)34-42(38,39)27-11-5-4-6-12-27/h4-6,11-16,19-21,26H,3,7-10,17-18H2,1-2H3,(H,33,37)(H,34,36). The third kappa shape index (κ3) is 6.60. The molecule has 3 aromatic carbocycles. The maximum Gasteiger partial charge on any atom is 0.411 e. The van der Waals surface area contributed by atoms with Gasteiger partial charge in [0.2, 0.25) is 0 Å². The maximum atomic E-state index is 12.9. The van der Waals surface area contributed by atoms with Crippen LogP contribution in [0, 0.1) is 0 Å². The monoisotopic (exact) mass is 589 g/mol. The lowest BCUT2D eigenvalue weighted by Gasteiger charge is -2.13. The van der Waals surface area contributed by atoms with Crippen LogP contribution in [0.1, 0.15) is 60.5 Å². The molecule has 4 aromatic rings. The van der Waals surface area contributed by atoms with Crippen molar-refractivity contribution in [3.8, 4) is 5.75 Å². The number of aromatic nitrogens is 1. The highest BCUT2D eigenvalue weighted by atomic mass is 32.2. The molecule has 9 nitrogen and oxygen atoms in total. The van der Waals surface area contributed by atoms with Crippen molar-refractivity contribution in [2.45, 2.75) is 63.0 Å². The summed E-state index contributed by atoms with van der Waals surface area (Å²) in [7, 11) is -2.50. The number of carbonyl (C=O) groups is 2. The number of fused-ring (bicyclic) bond motifs is 1. The molecule has 0 spiro atoms. The second-order valence-corrected chi connectivity index (χ2v) is 12.1. The van der Waals surface area contributed by atoms with Crippen molar-refractivity contribution in [2.75, 3.05) is 12.4 Å². The second kappa shape index (κ2) is 12.7. The summed E-state index contributed by atoms with van der Waals surface area (Å²) in [6.07, 6.45) is 7.06. The number of nitrogens with zero attached hydrogens (tertiary/aromatic N) is 1. The number of hydrogen-bond donors (Lipinski definition) is 2. The number of rotatable bonds is 10. The molecule has 10 heteroatoms. The van der Waals surface area contributed by atoms with E-state index in [1.807, 2.05) is 18.2 Å². The number of hydrogen-bond acceptors (Lipinski definition) is 6. The molecule has 1 aliphatic rings. The summed E-state index contributed by atoms with van der Waals surface area (Å²) in [4.78, 5) is 25.4. The molecule has 0 unspecified atom stereocenters. The van der Waals surface area contributed by atoms with Crippen molar-refractivity contribution in [3.05, 3.63) is 89.6 Å². The van der Waals surface area contributed by atoms with Gasteiger partial charge in [0.15, 0.2) is 0 Å². The first-order valence-corrected chi connectivity index (χ1v) is 15.6. The van der Waals surface area contributed by atoms with Gasteiger partial charge in [-0.25, -0.2) is 17.9 Å². The molecular formula is C32H35N3O6S. The first-order valence-electron chi connectivity index (χ1n) is 14.2. The van der Waals surface area contributed by atoms with Gasteiger partial charge < -0.3 is 14.0 Å².